The van der Waals surface area contributed by atoms with Gasteiger partial charge < -0.3 is 10.2 Å². The number of nitrogens with zero attached hydrogens (tertiary/aromatic N) is 4. The van der Waals surface area contributed by atoms with Crippen LogP contribution in [-0.4, -0.2) is 35.6 Å². The summed E-state index contributed by atoms with van der Waals surface area (Å²) >= 11 is 0. The molecule has 5 nitrogen and oxygen atoms in total. The minimum absolute atomic E-state index is 0. The van der Waals surface area contributed by atoms with Gasteiger partial charge in [0.1, 0.15) is 11.9 Å². The van der Waals surface area contributed by atoms with Gasteiger partial charge in [-0.2, -0.15) is 5.26 Å². The Kier molecular flexibility index (Phi) is 3.66. The van der Waals surface area contributed by atoms with Crippen molar-refractivity contribution < 1.29 is 0 Å². The highest BCUT2D eigenvalue weighted by molar-refractivity contribution is 5.86. The number of hydrogen-bond donors (Lipinski definition) is 1. The Morgan fingerprint density at radius 3 is 2.59 bits per heavy atom. The molecular formula is C22H25N5. The van der Waals surface area contributed by atoms with Crippen LogP contribution in [0.2, 0.25) is 0 Å². The number of para-hydroxylation sites is 2. The van der Waals surface area contributed by atoms with Gasteiger partial charge in [-0.05, 0) is 54.4 Å². The molecule has 3 aliphatic rings. The molecule has 2 atom stereocenters. The molecule has 0 unspecified atom stereocenters. The maximum Gasteiger partial charge on any atom is 0.157 e. The van der Waals surface area contributed by atoms with Crippen LogP contribution in [0.4, 0.5) is 5.82 Å². The molecule has 0 saturated carbocycles. The highest BCUT2D eigenvalue weighted by Gasteiger charge is 2.39. The molecule has 2 fully saturated rings. The van der Waals surface area contributed by atoms with Crippen LogP contribution in [0.3, 0.4) is 0 Å². The second kappa shape index (κ2) is 5.97. The van der Waals surface area contributed by atoms with Crippen LogP contribution in [0, 0.1) is 23.2 Å². The van der Waals surface area contributed by atoms with E-state index < -0.39 is 0 Å². The molecule has 0 radical (unpaired) electrons. The summed E-state index contributed by atoms with van der Waals surface area (Å²) in [6.45, 7) is 4.48. The zero-order chi connectivity index (χ0) is 17.3. The predicted octanol–water partition coefficient (Wildman–Crippen LogP) is 3.14. The van der Waals surface area contributed by atoms with Gasteiger partial charge in [-0.1, -0.05) is 19.6 Å². The third kappa shape index (κ3) is 2.17. The first-order valence-electron chi connectivity index (χ1n) is 9.66. The van der Waals surface area contributed by atoms with Gasteiger partial charge in [-0.3, -0.25) is 4.40 Å². The summed E-state index contributed by atoms with van der Waals surface area (Å²) in [5, 5.41) is 13.4. The number of aromatic nitrogens is 2. The first-order valence-corrected chi connectivity index (χ1v) is 9.66. The highest BCUT2D eigenvalue weighted by atomic mass is 15.3. The molecule has 1 N–H and O–H groups in total. The van der Waals surface area contributed by atoms with Crippen molar-refractivity contribution in [1.82, 2.24) is 14.7 Å². The summed E-state index contributed by atoms with van der Waals surface area (Å²) in [6, 6.07) is 10.8. The topological polar surface area (TPSA) is 56.4 Å². The molecular weight excluding hydrogens is 334 g/mol. The van der Waals surface area contributed by atoms with Crippen molar-refractivity contribution in [2.75, 3.05) is 31.1 Å². The molecule has 2 aliphatic heterocycles. The average molecular weight is 359 g/mol. The third-order valence-electron chi connectivity index (χ3n) is 6.59. The second-order valence-corrected chi connectivity index (χ2v) is 7.96. The molecule has 138 valence electrons. The van der Waals surface area contributed by atoms with Crippen molar-refractivity contribution in [1.29, 1.82) is 5.26 Å². The summed E-state index contributed by atoms with van der Waals surface area (Å²) in [5.74, 6) is 2.80. The van der Waals surface area contributed by atoms with Crippen LogP contribution in [0.1, 0.15) is 30.5 Å². The molecule has 3 aromatic rings. The number of fused-ring (bicyclic) bond motifs is 5. The fraction of sp³-hybridized carbons (Fsp3) is 0.455. The van der Waals surface area contributed by atoms with Gasteiger partial charge >= 0.3 is 0 Å². The van der Waals surface area contributed by atoms with Gasteiger partial charge in [0.25, 0.3) is 0 Å². The van der Waals surface area contributed by atoms with Gasteiger partial charge in [0.05, 0.1) is 16.6 Å². The van der Waals surface area contributed by atoms with Gasteiger partial charge in [0.15, 0.2) is 5.65 Å². The summed E-state index contributed by atoms with van der Waals surface area (Å²) < 4.78 is 2.28. The SMILES string of the molecule is C.N#Cc1c2c(c(N3C[C@H]4CNC[C@H]4C3)n3c1nc1ccccc13)CCC2. The lowest BCUT2D eigenvalue weighted by Crippen LogP contribution is -2.28. The number of benzene rings is 1. The van der Waals surface area contributed by atoms with Crippen LogP contribution in [0.5, 0.6) is 0 Å². The van der Waals surface area contributed by atoms with E-state index in [9.17, 15) is 5.26 Å². The van der Waals surface area contributed by atoms with Crippen LogP contribution < -0.4 is 10.2 Å². The number of rotatable bonds is 1. The molecule has 2 aromatic heterocycles. The molecule has 0 amide bonds. The fourth-order valence-corrected chi connectivity index (χ4v) is 5.42. The number of pyridine rings is 1. The first kappa shape index (κ1) is 16.6. The van der Waals surface area contributed by atoms with Gasteiger partial charge in [-0.15, -0.1) is 0 Å². The van der Waals surface area contributed by atoms with E-state index in [1.165, 1.54) is 16.9 Å². The van der Waals surface area contributed by atoms with Gasteiger partial charge in [-0.25, -0.2) is 4.98 Å². The normalized spacial score (nSPS) is 23.4. The monoisotopic (exact) mass is 359 g/mol. The van der Waals surface area contributed by atoms with Crippen molar-refractivity contribution in [3.05, 3.63) is 41.0 Å². The van der Waals surface area contributed by atoms with E-state index in [2.05, 4.69) is 38.9 Å². The van der Waals surface area contributed by atoms with E-state index in [4.69, 9.17) is 4.98 Å². The zero-order valence-electron chi connectivity index (χ0n) is 14.7. The number of nitriles is 1. The Labute approximate surface area is 159 Å². The maximum absolute atomic E-state index is 9.89. The van der Waals surface area contributed by atoms with Crippen molar-refractivity contribution in [2.24, 2.45) is 11.8 Å². The summed E-state index contributed by atoms with van der Waals surface area (Å²) in [4.78, 5) is 7.46. The lowest BCUT2D eigenvalue weighted by molar-refractivity contribution is 0.533. The van der Waals surface area contributed by atoms with Crippen molar-refractivity contribution in [2.45, 2.75) is 26.7 Å². The van der Waals surface area contributed by atoms with E-state index >= 15 is 0 Å². The van der Waals surface area contributed by atoms with Crippen molar-refractivity contribution in [3.63, 3.8) is 0 Å². The molecule has 27 heavy (non-hydrogen) atoms. The first-order chi connectivity index (χ1) is 12.8. The predicted molar refractivity (Wildman–Crippen MR) is 108 cm³/mol. The standard InChI is InChI=1S/C21H21N5.CH4/c22-8-17-15-4-3-5-16(15)21(25-11-13-9-23-10-14(13)12-25)26-19-7-2-1-6-18(19)24-20(17)26;/h1-2,6-7,13-14,23H,3-5,9-12H2;1H4/t13-,14+;. The number of anilines is 1. The summed E-state index contributed by atoms with van der Waals surface area (Å²) in [7, 11) is 0. The number of nitrogens with one attached hydrogen (secondary N) is 1. The van der Waals surface area contributed by atoms with Crippen LogP contribution in [0.15, 0.2) is 24.3 Å². The molecule has 6 rings (SSSR count). The lowest BCUT2D eigenvalue weighted by atomic mass is 10.0. The Balaban J connectivity index is 0.00000160. The Morgan fingerprint density at radius 1 is 1.07 bits per heavy atom. The quantitative estimate of drug-likeness (QED) is 0.725. The van der Waals surface area contributed by atoms with E-state index in [1.807, 2.05) is 6.07 Å². The largest absolute Gasteiger partial charge is 0.357 e. The smallest absolute Gasteiger partial charge is 0.157 e. The fourth-order valence-electron chi connectivity index (χ4n) is 5.42. The zero-order valence-corrected chi connectivity index (χ0v) is 14.7. The van der Waals surface area contributed by atoms with Crippen LogP contribution >= 0.6 is 0 Å². The molecule has 5 heteroatoms. The van der Waals surface area contributed by atoms with E-state index in [1.54, 1.807) is 0 Å². The average Bonchev–Trinajstić information content (AvgIpc) is 3.41. The molecule has 4 heterocycles. The minimum atomic E-state index is 0. The molecule has 0 spiro atoms. The third-order valence-corrected chi connectivity index (χ3v) is 6.59. The van der Waals surface area contributed by atoms with E-state index in [0.29, 0.717) is 0 Å². The molecule has 2 saturated heterocycles. The maximum atomic E-state index is 9.89. The van der Waals surface area contributed by atoms with Gasteiger partial charge in [0.2, 0.25) is 0 Å². The summed E-state index contributed by atoms with van der Waals surface area (Å²) in [6.07, 6.45) is 3.23. The molecule has 0 bridgehead atoms. The van der Waals surface area contributed by atoms with E-state index in [-0.39, 0.29) is 7.43 Å². The minimum Gasteiger partial charge on any atom is -0.357 e. The van der Waals surface area contributed by atoms with Crippen LogP contribution in [0.25, 0.3) is 16.7 Å². The van der Waals surface area contributed by atoms with Crippen molar-refractivity contribution in [3.8, 4) is 6.07 Å². The number of hydrogen-bond acceptors (Lipinski definition) is 4. The van der Waals surface area contributed by atoms with Crippen LogP contribution in [-0.2, 0) is 12.8 Å². The molecule has 1 aliphatic carbocycles. The Morgan fingerprint density at radius 2 is 1.81 bits per heavy atom. The van der Waals surface area contributed by atoms with E-state index in [0.717, 1.165) is 79.5 Å². The second-order valence-electron chi connectivity index (χ2n) is 7.96. The van der Waals surface area contributed by atoms with Gasteiger partial charge in [0, 0.05) is 26.2 Å². The van der Waals surface area contributed by atoms with Crippen molar-refractivity contribution >= 4 is 22.5 Å². The Bertz CT molecular complexity index is 1080. The number of imidazole rings is 1. The lowest BCUT2D eigenvalue weighted by Gasteiger charge is -2.25. The highest BCUT2D eigenvalue weighted by Crippen LogP contribution is 2.41. The molecule has 1 aromatic carbocycles. The summed E-state index contributed by atoms with van der Waals surface area (Å²) in [5.41, 5.74) is 6.39. The Hall–Kier alpha value is -2.58.